The average molecular weight is 760 g/mol. The number of nitrogens with zero attached hydrogens (tertiary/aromatic N) is 4. The van der Waals surface area contributed by atoms with E-state index in [2.05, 4.69) is 0 Å². The Bertz CT molecular complexity index is 2070. The minimum absolute atomic E-state index is 0.0160. The molecule has 0 amide bonds. The zero-order valence-corrected chi connectivity index (χ0v) is 29.5. The van der Waals surface area contributed by atoms with Gasteiger partial charge in [0, 0.05) is 43.4 Å². The maximum absolute atomic E-state index is 14.7. The van der Waals surface area contributed by atoms with Crippen LogP contribution >= 0.6 is 46.4 Å². The fraction of sp³-hybridized carbons (Fsp3) is 0.364. The molecule has 2 aliphatic heterocycles. The van der Waals surface area contributed by atoms with Crippen LogP contribution in [0.5, 0.6) is 11.5 Å². The third-order valence-electron chi connectivity index (χ3n) is 7.99. The Balaban J connectivity index is 0.000000204. The van der Waals surface area contributed by atoms with E-state index in [9.17, 15) is 28.3 Å². The molecule has 2 aromatic carbocycles. The second kappa shape index (κ2) is 15.5. The highest BCUT2D eigenvalue weighted by Gasteiger charge is 2.26. The summed E-state index contributed by atoms with van der Waals surface area (Å²) in [7, 11) is 0. The van der Waals surface area contributed by atoms with Crippen LogP contribution in [0.1, 0.15) is 39.5 Å². The van der Waals surface area contributed by atoms with Crippen molar-refractivity contribution in [2.45, 2.75) is 65.7 Å². The summed E-state index contributed by atoms with van der Waals surface area (Å²) in [6.07, 6.45) is 4.87. The first-order chi connectivity index (χ1) is 23.3. The van der Waals surface area contributed by atoms with Crippen molar-refractivity contribution < 1.29 is 28.2 Å². The summed E-state index contributed by atoms with van der Waals surface area (Å²) in [4.78, 5) is 36.5. The van der Waals surface area contributed by atoms with Gasteiger partial charge in [-0.15, -0.1) is 0 Å². The lowest BCUT2D eigenvalue weighted by Crippen LogP contribution is -2.27. The summed E-state index contributed by atoms with van der Waals surface area (Å²) >= 11 is 24.4. The van der Waals surface area contributed by atoms with Gasteiger partial charge in [-0.1, -0.05) is 46.4 Å². The van der Waals surface area contributed by atoms with Crippen molar-refractivity contribution in [1.29, 1.82) is 0 Å². The molecule has 0 bridgehead atoms. The molecule has 0 saturated carbocycles. The molecule has 4 heterocycles. The van der Waals surface area contributed by atoms with E-state index in [-0.39, 0.29) is 77.6 Å². The minimum Gasteiger partial charge on any atom is -0.506 e. The number of hydrogen-bond donors (Lipinski definition) is 1. The van der Waals surface area contributed by atoms with E-state index >= 15 is 0 Å². The van der Waals surface area contributed by atoms with Crippen molar-refractivity contribution in [1.82, 2.24) is 18.7 Å². The summed E-state index contributed by atoms with van der Waals surface area (Å²) in [5.41, 5.74) is -0.572. The van der Waals surface area contributed by atoms with Gasteiger partial charge >= 0.3 is 0 Å². The third-order valence-corrected chi connectivity index (χ3v) is 9.35. The number of benzene rings is 2. The molecule has 4 aromatic rings. The molecule has 6 rings (SSSR count). The number of ether oxygens (including phenoxy) is 2. The number of halogens is 6. The third kappa shape index (κ3) is 7.57. The van der Waals surface area contributed by atoms with E-state index in [0.717, 1.165) is 43.9 Å². The first-order valence-corrected chi connectivity index (χ1v) is 17.0. The predicted molar refractivity (Wildman–Crippen MR) is 184 cm³/mol. The lowest BCUT2D eigenvalue weighted by atomic mass is 10.1. The first-order valence-electron chi connectivity index (χ1n) is 15.5. The van der Waals surface area contributed by atoms with Crippen LogP contribution in [0.15, 0.2) is 45.7 Å². The summed E-state index contributed by atoms with van der Waals surface area (Å²) in [6, 6.07) is 4.54. The molecule has 10 nitrogen and oxygen atoms in total. The number of hydrogen-bond acceptors (Lipinski definition) is 6. The Morgan fingerprint density at radius 2 is 1.27 bits per heavy atom. The first kappa shape index (κ1) is 36.6. The van der Waals surface area contributed by atoms with E-state index in [1.807, 2.05) is 0 Å². The Morgan fingerprint density at radius 3 is 1.73 bits per heavy atom. The van der Waals surface area contributed by atoms with Crippen LogP contribution in [0.2, 0.25) is 20.4 Å². The molecule has 0 spiro atoms. The Hall–Kier alpha value is -3.71. The van der Waals surface area contributed by atoms with Crippen LogP contribution in [0.3, 0.4) is 0 Å². The van der Waals surface area contributed by atoms with Crippen LogP contribution in [0, 0.1) is 11.6 Å². The van der Waals surface area contributed by atoms with Crippen LogP contribution in [-0.2, 0) is 35.7 Å². The molecule has 0 fully saturated rings. The number of ketones is 1. The van der Waals surface area contributed by atoms with Gasteiger partial charge in [-0.05, 0) is 63.8 Å². The van der Waals surface area contributed by atoms with Gasteiger partial charge in [-0.3, -0.25) is 23.7 Å². The standard InChI is InChI=1S/C20H21Cl2FN2O4.C13H11Cl2FN2O2/c1-3-28-13(8-12(2)26)11-29-17-9-14(16(23)10-15(17)21)18-19(22)24-6-4-5-7-25(24)20(18)27;14-8-6-9(16)7(5-10(8)19)11-12(15)17-3-1-2-4-18(17)13(11)20/h8-10H,3-7,11H2,1-2H3;5-6,19H,1-4H2/b13-8+;. The highest BCUT2D eigenvalue weighted by Crippen LogP contribution is 2.37. The number of fused-ring (bicyclic) bond motifs is 2. The zero-order valence-electron chi connectivity index (χ0n) is 26.5. The van der Waals surface area contributed by atoms with E-state index < -0.39 is 11.6 Å². The van der Waals surface area contributed by atoms with Gasteiger partial charge in [-0.25, -0.2) is 18.1 Å². The topological polar surface area (TPSA) is 110 Å². The van der Waals surface area contributed by atoms with Gasteiger partial charge in [0.1, 0.15) is 45.8 Å². The monoisotopic (exact) mass is 758 g/mol. The number of allylic oxidation sites excluding steroid dienone is 1. The molecule has 0 aliphatic carbocycles. The number of phenolic OH excluding ortho intramolecular Hbond substituents is 1. The molecular weight excluding hydrogens is 728 g/mol. The van der Waals surface area contributed by atoms with Gasteiger partial charge in [0.25, 0.3) is 11.1 Å². The number of carbonyl (C=O) groups is 1. The molecule has 262 valence electrons. The van der Waals surface area contributed by atoms with Crippen molar-refractivity contribution in [3.05, 3.63) is 88.8 Å². The fourth-order valence-electron chi connectivity index (χ4n) is 5.75. The summed E-state index contributed by atoms with van der Waals surface area (Å²) in [6.45, 7) is 5.76. The quantitative estimate of drug-likeness (QED) is 0.146. The van der Waals surface area contributed by atoms with E-state index in [0.29, 0.717) is 38.5 Å². The number of carbonyl (C=O) groups excluding carboxylic acids is 1. The highest BCUT2D eigenvalue weighted by atomic mass is 35.5. The number of aromatic hydroxyl groups is 1. The van der Waals surface area contributed by atoms with Gasteiger partial charge in [0.05, 0.1) is 27.8 Å². The van der Waals surface area contributed by atoms with Crippen LogP contribution in [-0.4, -0.2) is 42.8 Å². The van der Waals surface area contributed by atoms with Crippen molar-refractivity contribution in [2.24, 2.45) is 0 Å². The van der Waals surface area contributed by atoms with Gasteiger partial charge in [0.15, 0.2) is 5.78 Å². The molecule has 2 aromatic heterocycles. The van der Waals surface area contributed by atoms with Crippen LogP contribution < -0.4 is 15.9 Å². The predicted octanol–water partition coefficient (Wildman–Crippen LogP) is 7.71. The van der Waals surface area contributed by atoms with E-state index in [1.165, 1.54) is 28.4 Å². The molecular formula is C33H32Cl4F2N4O6. The van der Waals surface area contributed by atoms with Gasteiger partial charge < -0.3 is 14.6 Å². The number of phenols is 1. The molecule has 0 atom stereocenters. The number of rotatable bonds is 8. The largest absolute Gasteiger partial charge is 0.506 e. The lowest BCUT2D eigenvalue weighted by Gasteiger charge is -2.17. The zero-order chi connectivity index (χ0) is 35.6. The maximum Gasteiger partial charge on any atom is 0.276 e. The lowest BCUT2D eigenvalue weighted by molar-refractivity contribution is -0.112. The van der Waals surface area contributed by atoms with E-state index in [4.69, 9.17) is 55.9 Å². The van der Waals surface area contributed by atoms with Crippen molar-refractivity contribution in [3.8, 4) is 33.8 Å². The Kier molecular flexibility index (Phi) is 11.5. The Morgan fingerprint density at radius 1 is 0.796 bits per heavy atom. The molecule has 0 unspecified atom stereocenters. The molecule has 49 heavy (non-hydrogen) atoms. The van der Waals surface area contributed by atoms with Crippen LogP contribution in [0.4, 0.5) is 8.78 Å². The SMILES string of the molecule is CCO/C(=C/C(C)=O)COc1cc(-c2c(Cl)n3n(c2=O)CCCC3)c(F)cc1Cl.O=c1c(-c2cc(O)c(Cl)cc2F)c(Cl)n2n1CCCC2. The fourth-order valence-corrected chi connectivity index (χ4v) is 6.82. The molecule has 1 N–H and O–H groups in total. The number of aromatic nitrogens is 4. The molecule has 2 aliphatic rings. The molecule has 16 heteroatoms. The summed E-state index contributed by atoms with van der Waals surface area (Å²) in [5, 5.41) is 9.92. The Labute approximate surface area is 299 Å². The summed E-state index contributed by atoms with van der Waals surface area (Å²) in [5.74, 6) is -1.36. The van der Waals surface area contributed by atoms with E-state index in [1.54, 1.807) is 16.3 Å². The second-order valence-electron chi connectivity index (χ2n) is 11.3. The van der Waals surface area contributed by atoms with Gasteiger partial charge in [-0.2, -0.15) is 0 Å². The van der Waals surface area contributed by atoms with Crippen LogP contribution in [0.25, 0.3) is 22.3 Å². The summed E-state index contributed by atoms with van der Waals surface area (Å²) < 4.78 is 46.1. The van der Waals surface area contributed by atoms with Crippen molar-refractivity contribution in [2.75, 3.05) is 13.2 Å². The smallest absolute Gasteiger partial charge is 0.276 e. The molecule has 0 radical (unpaired) electrons. The maximum atomic E-state index is 14.7. The minimum atomic E-state index is -0.685. The molecule has 0 saturated heterocycles. The van der Waals surface area contributed by atoms with Crippen molar-refractivity contribution >= 4 is 52.2 Å². The average Bonchev–Trinajstić information content (AvgIpc) is 3.47. The normalized spacial score (nSPS) is 14.1. The second-order valence-corrected chi connectivity index (χ2v) is 12.9. The highest BCUT2D eigenvalue weighted by molar-refractivity contribution is 6.34. The van der Waals surface area contributed by atoms with Crippen molar-refractivity contribution in [3.63, 3.8) is 0 Å². The van der Waals surface area contributed by atoms with Gasteiger partial charge in [0.2, 0.25) is 0 Å².